The lowest BCUT2D eigenvalue weighted by Gasteiger charge is -2.05. The molecule has 0 radical (unpaired) electrons. The minimum Gasteiger partial charge on any atom is -0.382 e. The Hall–Kier alpha value is -0.250. The highest BCUT2D eigenvalue weighted by Crippen LogP contribution is 2.21. The van der Waals surface area contributed by atoms with Crippen molar-refractivity contribution in [2.24, 2.45) is 0 Å². The molecule has 0 bridgehead atoms. The molecule has 1 nitrogen and oxygen atoms in total. The third-order valence-corrected chi connectivity index (χ3v) is 1.20. The summed E-state index contributed by atoms with van der Waals surface area (Å²) >= 11 is 0. The molecule has 0 aromatic carbocycles. The van der Waals surface area contributed by atoms with Crippen LogP contribution in [0.25, 0.3) is 0 Å². The SMILES string of the molecule is CCOCCCCC(F)(F)F. The molecular formula is C7H13F3O. The first kappa shape index (κ1) is 10.8. The van der Waals surface area contributed by atoms with Crippen molar-refractivity contribution in [1.29, 1.82) is 0 Å². The summed E-state index contributed by atoms with van der Waals surface area (Å²) in [6, 6.07) is 0. The van der Waals surface area contributed by atoms with Gasteiger partial charge in [0.25, 0.3) is 0 Å². The van der Waals surface area contributed by atoms with Crippen LogP contribution in [-0.4, -0.2) is 19.4 Å². The van der Waals surface area contributed by atoms with Gasteiger partial charge in [0.1, 0.15) is 0 Å². The van der Waals surface area contributed by atoms with Gasteiger partial charge in [-0.05, 0) is 19.8 Å². The van der Waals surface area contributed by atoms with Crippen LogP contribution >= 0.6 is 0 Å². The fourth-order valence-corrected chi connectivity index (χ4v) is 0.674. The van der Waals surface area contributed by atoms with Gasteiger partial charge in [0, 0.05) is 19.6 Å². The molecule has 0 saturated carbocycles. The second kappa shape index (κ2) is 5.41. The number of unbranched alkanes of at least 4 members (excludes halogenated alkanes) is 1. The molecule has 0 aromatic rings. The number of hydrogen-bond acceptors (Lipinski definition) is 1. The molecule has 0 spiro atoms. The molecule has 4 heteroatoms. The molecule has 0 amide bonds. The normalized spacial score (nSPS) is 12.0. The molecule has 0 heterocycles. The molecule has 0 aliphatic heterocycles. The Morgan fingerprint density at radius 3 is 2.27 bits per heavy atom. The van der Waals surface area contributed by atoms with E-state index in [1.807, 2.05) is 6.92 Å². The molecule has 0 N–H and O–H groups in total. The zero-order valence-corrected chi connectivity index (χ0v) is 6.58. The van der Waals surface area contributed by atoms with Crippen molar-refractivity contribution in [1.82, 2.24) is 0 Å². The molecule has 0 saturated heterocycles. The highest BCUT2D eigenvalue weighted by Gasteiger charge is 2.25. The van der Waals surface area contributed by atoms with Crippen molar-refractivity contribution in [3.8, 4) is 0 Å². The van der Waals surface area contributed by atoms with Gasteiger partial charge in [-0.15, -0.1) is 0 Å². The second-order valence-electron chi connectivity index (χ2n) is 2.27. The number of alkyl halides is 3. The van der Waals surface area contributed by atoms with Crippen molar-refractivity contribution < 1.29 is 17.9 Å². The lowest BCUT2D eigenvalue weighted by Crippen LogP contribution is -2.07. The van der Waals surface area contributed by atoms with E-state index in [1.165, 1.54) is 0 Å². The van der Waals surface area contributed by atoms with E-state index in [0.717, 1.165) is 0 Å². The smallest absolute Gasteiger partial charge is 0.382 e. The Morgan fingerprint density at radius 2 is 1.82 bits per heavy atom. The van der Waals surface area contributed by atoms with Gasteiger partial charge in [0.05, 0.1) is 0 Å². The summed E-state index contributed by atoms with van der Waals surface area (Å²) in [5.41, 5.74) is 0. The van der Waals surface area contributed by atoms with E-state index < -0.39 is 12.6 Å². The predicted octanol–water partition coefficient (Wildman–Crippen LogP) is 2.76. The van der Waals surface area contributed by atoms with Gasteiger partial charge in [-0.3, -0.25) is 0 Å². The molecule has 68 valence electrons. The summed E-state index contributed by atoms with van der Waals surface area (Å²) < 4.78 is 39.5. The van der Waals surface area contributed by atoms with Gasteiger partial charge >= 0.3 is 6.18 Å². The summed E-state index contributed by atoms with van der Waals surface area (Å²) in [5, 5.41) is 0. The van der Waals surface area contributed by atoms with E-state index in [2.05, 4.69) is 0 Å². The van der Waals surface area contributed by atoms with Crippen molar-refractivity contribution >= 4 is 0 Å². The van der Waals surface area contributed by atoms with Gasteiger partial charge in [-0.2, -0.15) is 13.2 Å². The Balaban J connectivity index is 3.02. The van der Waals surface area contributed by atoms with Crippen LogP contribution in [0.1, 0.15) is 26.2 Å². The van der Waals surface area contributed by atoms with Crippen molar-refractivity contribution in [3.63, 3.8) is 0 Å². The van der Waals surface area contributed by atoms with Gasteiger partial charge in [-0.25, -0.2) is 0 Å². The summed E-state index contributed by atoms with van der Waals surface area (Å²) in [7, 11) is 0. The predicted molar refractivity (Wildman–Crippen MR) is 36.4 cm³/mol. The fourth-order valence-electron chi connectivity index (χ4n) is 0.674. The second-order valence-corrected chi connectivity index (χ2v) is 2.27. The number of ether oxygens (including phenoxy) is 1. The van der Waals surface area contributed by atoms with E-state index in [9.17, 15) is 13.2 Å². The molecule has 0 rings (SSSR count). The highest BCUT2D eigenvalue weighted by atomic mass is 19.4. The van der Waals surface area contributed by atoms with Crippen molar-refractivity contribution in [3.05, 3.63) is 0 Å². The molecule has 0 aliphatic rings. The van der Waals surface area contributed by atoms with Crippen LogP contribution in [0.4, 0.5) is 13.2 Å². The lowest BCUT2D eigenvalue weighted by molar-refractivity contribution is -0.136. The zero-order valence-electron chi connectivity index (χ0n) is 6.58. The third-order valence-electron chi connectivity index (χ3n) is 1.20. The molecule has 11 heavy (non-hydrogen) atoms. The summed E-state index contributed by atoms with van der Waals surface area (Å²) in [4.78, 5) is 0. The first-order chi connectivity index (χ1) is 5.06. The lowest BCUT2D eigenvalue weighted by atomic mass is 10.2. The quantitative estimate of drug-likeness (QED) is 0.576. The topological polar surface area (TPSA) is 9.23 Å². The van der Waals surface area contributed by atoms with Gasteiger partial charge < -0.3 is 4.74 Å². The highest BCUT2D eigenvalue weighted by molar-refractivity contribution is 4.50. The van der Waals surface area contributed by atoms with Gasteiger partial charge in [-0.1, -0.05) is 0 Å². The van der Waals surface area contributed by atoms with Gasteiger partial charge in [0.2, 0.25) is 0 Å². The largest absolute Gasteiger partial charge is 0.389 e. The van der Waals surface area contributed by atoms with Gasteiger partial charge in [0.15, 0.2) is 0 Å². The summed E-state index contributed by atoms with van der Waals surface area (Å²) in [6.45, 7) is 2.84. The first-order valence-corrected chi connectivity index (χ1v) is 3.70. The molecule has 0 fully saturated rings. The third kappa shape index (κ3) is 9.75. The number of hydrogen-bond donors (Lipinski definition) is 0. The standard InChI is InChI=1S/C7H13F3O/c1-2-11-6-4-3-5-7(8,9)10/h2-6H2,1H3. The monoisotopic (exact) mass is 170 g/mol. The van der Waals surface area contributed by atoms with Crippen LogP contribution in [0.5, 0.6) is 0 Å². The molecule has 0 unspecified atom stereocenters. The molecule has 0 aromatic heterocycles. The molecule has 0 aliphatic carbocycles. The van der Waals surface area contributed by atoms with Crippen LogP contribution in [0.2, 0.25) is 0 Å². The Morgan fingerprint density at radius 1 is 1.18 bits per heavy atom. The van der Waals surface area contributed by atoms with Crippen LogP contribution in [0.3, 0.4) is 0 Å². The van der Waals surface area contributed by atoms with E-state index in [-0.39, 0.29) is 6.42 Å². The van der Waals surface area contributed by atoms with Crippen molar-refractivity contribution in [2.45, 2.75) is 32.4 Å². The number of rotatable bonds is 5. The maximum absolute atomic E-state index is 11.5. The van der Waals surface area contributed by atoms with E-state index in [4.69, 9.17) is 4.74 Å². The van der Waals surface area contributed by atoms with Crippen molar-refractivity contribution in [2.75, 3.05) is 13.2 Å². The van der Waals surface area contributed by atoms with Crippen LogP contribution in [0, 0.1) is 0 Å². The van der Waals surface area contributed by atoms with Crippen LogP contribution in [-0.2, 0) is 4.74 Å². The van der Waals surface area contributed by atoms with E-state index in [0.29, 0.717) is 19.6 Å². The average molecular weight is 170 g/mol. The van der Waals surface area contributed by atoms with Crippen LogP contribution < -0.4 is 0 Å². The first-order valence-electron chi connectivity index (χ1n) is 3.70. The Kier molecular flexibility index (Phi) is 5.28. The molecular weight excluding hydrogens is 157 g/mol. The fraction of sp³-hybridized carbons (Fsp3) is 1.00. The Labute approximate surface area is 64.5 Å². The van der Waals surface area contributed by atoms with E-state index >= 15 is 0 Å². The summed E-state index contributed by atoms with van der Waals surface area (Å²) in [6.07, 6.45) is -4.04. The van der Waals surface area contributed by atoms with Crippen LogP contribution in [0.15, 0.2) is 0 Å². The molecule has 0 atom stereocenters. The van der Waals surface area contributed by atoms with E-state index in [1.54, 1.807) is 0 Å². The Bertz CT molecular complexity index is 90.2. The minimum absolute atomic E-state index is 0.170. The number of halogens is 3. The summed E-state index contributed by atoms with van der Waals surface area (Å²) in [5.74, 6) is 0. The average Bonchev–Trinajstić information content (AvgIpc) is 1.85. The minimum atomic E-state index is -4.01. The maximum Gasteiger partial charge on any atom is 0.389 e. The maximum atomic E-state index is 11.5. The zero-order chi connectivity index (χ0) is 8.74.